The number of fused-ring (bicyclic) bond motifs is 1. The maximum atomic E-state index is 6.21. The number of benzene rings is 1. The summed E-state index contributed by atoms with van der Waals surface area (Å²) >= 11 is 0. The minimum atomic E-state index is 0.370. The lowest BCUT2D eigenvalue weighted by Crippen LogP contribution is -2.26. The molecule has 19 heavy (non-hydrogen) atoms. The average Bonchev–Trinajstić information content (AvgIpc) is 2.96. The molecule has 0 saturated heterocycles. The predicted octanol–water partition coefficient (Wildman–Crippen LogP) is 3.12. The van der Waals surface area contributed by atoms with Gasteiger partial charge in [-0.25, -0.2) is 4.98 Å². The van der Waals surface area contributed by atoms with Crippen molar-refractivity contribution in [3.05, 3.63) is 30.1 Å². The molecule has 1 aromatic carbocycles. The van der Waals surface area contributed by atoms with E-state index in [4.69, 9.17) is 10.7 Å². The molecule has 3 rings (SSSR count). The Labute approximate surface area is 114 Å². The van der Waals surface area contributed by atoms with Crippen LogP contribution in [0.5, 0.6) is 0 Å². The first-order valence-electron chi connectivity index (χ1n) is 7.49. The summed E-state index contributed by atoms with van der Waals surface area (Å²) < 4.78 is 2.39. The molecule has 0 bridgehead atoms. The molecule has 1 aromatic heterocycles. The summed E-state index contributed by atoms with van der Waals surface area (Å²) in [5.74, 6) is 1.85. The molecule has 0 amide bonds. The molecule has 1 aliphatic carbocycles. The van der Waals surface area contributed by atoms with Crippen molar-refractivity contribution in [1.82, 2.24) is 9.55 Å². The lowest BCUT2D eigenvalue weighted by molar-refractivity contribution is 0.457. The van der Waals surface area contributed by atoms with E-state index in [9.17, 15) is 0 Å². The van der Waals surface area contributed by atoms with Gasteiger partial charge in [0.05, 0.1) is 11.0 Å². The fourth-order valence-corrected chi connectivity index (χ4v) is 3.31. The highest BCUT2D eigenvalue weighted by molar-refractivity contribution is 5.75. The zero-order valence-corrected chi connectivity index (χ0v) is 11.7. The third-order valence-electron chi connectivity index (χ3n) is 4.34. The molecule has 1 heterocycles. The minimum absolute atomic E-state index is 0.370. The van der Waals surface area contributed by atoms with Crippen LogP contribution in [0.25, 0.3) is 11.0 Å². The first kappa shape index (κ1) is 12.7. The fraction of sp³-hybridized carbons (Fsp3) is 0.562. The largest absolute Gasteiger partial charge is 0.328 e. The number of para-hydroxylation sites is 2. The van der Waals surface area contributed by atoms with Crippen LogP contribution >= 0.6 is 0 Å². The third-order valence-corrected chi connectivity index (χ3v) is 4.34. The van der Waals surface area contributed by atoms with Crippen LogP contribution in [-0.2, 0) is 13.0 Å². The van der Waals surface area contributed by atoms with Crippen LogP contribution in [0.2, 0.25) is 0 Å². The average molecular weight is 257 g/mol. The summed E-state index contributed by atoms with van der Waals surface area (Å²) in [4.78, 5) is 4.84. The van der Waals surface area contributed by atoms with Crippen molar-refractivity contribution in [2.45, 2.75) is 51.6 Å². The van der Waals surface area contributed by atoms with Gasteiger partial charge in [-0.3, -0.25) is 0 Å². The molecule has 102 valence electrons. The van der Waals surface area contributed by atoms with Gasteiger partial charge in [0.25, 0.3) is 0 Å². The maximum absolute atomic E-state index is 6.21. The molecule has 3 nitrogen and oxygen atoms in total. The Kier molecular flexibility index (Phi) is 3.56. The Morgan fingerprint density at radius 1 is 1.32 bits per heavy atom. The topological polar surface area (TPSA) is 43.8 Å². The first-order chi connectivity index (χ1) is 9.29. The molecular formula is C16H23N3. The number of hydrogen-bond donors (Lipinski definition) is 1. The van der Waals surface area contributed by atoms with Crippen LogP contribution in [0, 0.1) is 5.92 Å². The number of rotatable bonds is 4. The van der Waals surface area contributed by atoms with E-state index in [-0.39, 0.29) is 0 Å². The molecule has 1 saturated carbocycles. The molecule has 2 atom stereocenters. The Hall–Kier alpha value is -1.35. The number of aryl methyl sites for hydroxylation is 1. The van der Waals surface area contributed by atoms with E-state index in [1.165, 1.54) is 30.6 Å². The number of hydrogen-bond acceptors (Lipinski definition) is 2. The number of nitrogens with two attached hydrogens (primary N) is 1. The molecule has 0 radical (unpaired) electrons. The quantitative estimate of drug-likeness (QED) is 0.914. The van der Waals surface area contributed by atoms with Gasteiger partial charge in [0, 0.05) is 19.0 Å². The number of aromatic nitrogens is 2. The Bertz CT molecular complexity index is 558. The summed E-state index contributed by atoms with van der Waals surface area (Å²) in [7, 11) is 0. The second-order valence-electron chi connectivity index (χ2n) is 5.73. The summed E-state index contributed by atoms with van der Waals surface area (Å²) in [6.07, 6.45) is 5.90. The second kappa shape index (κ2) is 5.33. The van der Waals surface area contributed by atoms with Crippen LogP contribution in [0.3, 0.4) is 0 Å². The fourth-order valence-electron chi connectivity index (χ4n) is 3.31. The van der Waals surface area contributed by atoms with Crippen LogP contribution in [0.1, 0.15) is 38.4 Å². The van der Waals surface area contributed by atoms with E-state index in [2.05, 4.69) is 35.8 Å². The van der Waals surface area contributed by atoms with E-state index >= 15 is 0 Å². The van der Waals surface area contributed by atoms with Crippen molar-refractivity contribution in [2.75, 3.05) is 0 Å². The van der Waals surface area contributed by atoms with Crippen LogP contribution in [0.4, 0.5) is 0 Å². The van der Waals surface area contributed by atoms with Gasteiger partial charge in [-0.05, 0) is 37.3 Å². The summed E-state index contributed by atoms with van der Waals surface area (Å²) in [5, 5.41) is 0. The first-order valence-corrected chi connectivity index (χ1v) is 7.49. The predicted molar refractivity (Wildman–Crippen MR) is 79.0 cm³/mol. The molecule has 2 unspecified atom stereocenters. The van der Waals surface area contributed by atoms with Crippen LogP contribution in [-0.4, -0.2) is 15.6 Å². The Morgan fingerprint density at radius 2 is 2.16 bits per heavy atom. The van der Waals surface area contributed by atoms with Crippen molar-refractivity contribution in [3.63, 3.8) is 0 Å². The van der Waals surface area contributed by atoms with Gasteiger partial charge in [-0.15, -0.1) is 0 Å². The van der Waals surface area contributed by atoms with Gasteiger partial charge >= 0.3 is 0 Å². The molecule has 1 fully saturated rings. The van der Waals surface area contributed by atoms with Gasteiger partial charge in [0.15, 0.2) is 0 Å². The standard InChI is InChI=1S/C16H23N3/c1-2-10-19-15-9-4-3-8-14(15)18-16(19)11-12-6-5-7-13(12)17/h3-4,8-9,12-13H,2,5-7,10-11,17H2,1H3. The van der Waals surface area contributed by atoms with Crippen molar-refractivity contribution >= 4 is 11.0 Å². The molecule has 3 heteroatoms. The highest BCUT2D eigenvalue weighted by atomic mass is 15.1. The molecule has 0 spiro atoms. The number of nitrogens with zero attached hydrogens (tertiary/aromatic N) is 2. The van der Waals surface area contributed by atoms with Gasteiger partial charge < -0.3 is 10.3 Å². The van der Waals surface area contributed by atoms with E-state index < -0.39 is 0 Å². The highest BCUT2D eigenvalue weighted by Gasteiger charge is 2.26. The Balaban J connectivity index is 1.95. The smallest absolute Gasteiger partial charge is 0.110 e. The van der Waals surface area contributed by atoms with Gasteiger partial charge in [0.2, 0.25) is 0 Å². The third kappa shape index (κ3) is 2.39. The van der Waals surface area contributed by atoms with Crippen molar-refractivity contribution in [2.24, 2.45) is 11.7 Å². The number of imidazole rings is 1. The van der Waals surface area contributed by atoms with Gasteiger partial charge in [0.1, 0.15) is 5.82 Å². The summed E-state index contributed by atoms with van der Waals surface area (Å²) in [6.45, 7) is 3.28. The van der Waals surface area contributed by atoms with E-state index in [0.717, 1.165) is 24.9 Å². The van der Waals surface area contributed by atoms with Gasteiger partial charge in [-0.2, -0.15) is 0 Å². The molecule has 0 aliphatic heterocycles. The summed E-state index contributed by atoms with van der Waals surface area (Å²) in [6, 6.07) is 8.82. The Morgan fingerprint density at radius 3 is 2.89 bits per heavy atom. The summed E-state index contributed by atoms with van der Waals surface area (Å²) in [5.41, 5.74) is 8.60. The molecule has 2 aromatic rings. The normalized spacial score (nSPS) is 23.3. The van der Waals surface area contributed by atoms with Crippen LogP contribution < -0.4 is 5.73 Å². The lowest BCUT2D eigenvalue weighted by atomic mass is 10.00. The van der Waals surface area contributed by atoms with E-state index in [1.54, 1.807) is 0 Å². The van der Waals surface area contributed by atoms with E-state index in [0.29, 0.717) is 12.0 Å². The van der Waals surface area contributed by atoms with Gasteiger partial charge in [-0.1, -0.05) is 25.5 Å². The SMILES string of the molecule is CCCn1c(CC2CCCC2N)nc2ccccc21. The molecule has 1 aliphatic rings. The zero-order chi connectivity index (χ0) is 13.2. The van der Waals surface area contributed by atoms with Crippen molar-refractivity contribution < 1.29 is 0 Å². The minimum Gasteiger partial charge on any atom is -0.328 e. The monoisotopic (exact) mass is 257 g/mol. The van der Waals surface area contributed by atoms with Crippen molar-refractivity contribution in [1.29, 1.82) is 0 Å². The highest BCUT2D eigenvalue weighted by Crippen LogP contribution is 2.28. The zero-order valence-electron chi connectivity index (χ0n) is 11.7. The van der Waals surface area contributed by atoms with Crippen molar-refractivity contribution in [3.8, 4) is 0 Å². The molecule has 2 N–H and O–H groups in total. The van der Waals surface area contributed by atoms with Crippen LogP contribution in [0.15, 0.2) is 24.3 Å². The second-order valence-corrected chi connectivity index (χ2v) is 5.73. The van der Waals surface area contributed by atoms with E-state index in [1.807, 2.05) is 0 Å². The maximum Gasteiger partial charge on any atom is 0.110 e. The molecular weight excluding hydrogens is 234 g/mol. The lowest BCUT2D eigenvalue weighted by Gasteiger charge is -2.16.